The molecule has 3 N–H and O–H groups in total. The van der Waals surface area contributed by atoms with Gasteiger partial charge in [-0.05, 0) is 63.6 Å². The quantitative estimate of drug-likeness (QED) is 0.620. The Balaban J connectivity index is 1.78. The number of aliphatic hydroxyl groups excluding tert-OH is 1. The minimum atomic E-state index is -0.627. The number of alkyl carbamates (subject to hydrolysis) is 1. The van der Waals surface area contributed by atoms with E-state index in [9.17, 15) is 14.7 Å². The van der Waals surface area contributed by atoms with Crippen molar-refractivity contribution in [3.8, 4) is 11.5 Å². The molecule has 0 saturated heterocycles. The second kappa shape index (κ2) is 10.5. The molecule has 2 aromatic carbocycles. The summed E-state index contributed by atoms with van der Waals surface area (Å²) in [6, 6.07) is 15.9. The summed E-state index contributed by atoms with van der Waals surface area (Å²) in [4.78, 5) is 23.9. The average molecular weight is 400 g/mol. The van der Waals surface area contributed by atoms with Gasteiger partial charge in [0.05, 0.1) is 12.6 Å². The topological polar surface area (TPSA) is 96.9 Å². The summed E-state index contributed by atoms with van der Waals surface area (Å²) in [5.74, 6) is 1.18. The molecular formula is C22H28N2O5. The van der Waals surface area contributed by atoms with E-state index in [-0.39, 0.29) is 25.4 Å². The lowest BCUT2D eigenvalue weighted by molar-refractivity contribution is -0.116. The van der Waals surface area contributed by atoms with Crippen molar-refractivity contribution >= 4 is 17.7 Å². The fourth-order valence-electron chi connectivity index (χ4n) is 2.44. The van der Waals surface area contributed by atoms with Gasteiger partial charge in [0.25, 0.3) is 0 Å². The zero-order valence-electron chi connectivity index (χ0n) is 17.0. The molecule has 1 atom stereocenters. The van der Waals surface area contributed by atoms with Crippen LogP contribution in [0.4, 0.5) is 10.5 Å². The zero-order chi connectivity index (χ0) is 21.3. The van der Waals surface area contributed by atoms with E-state index in [1.54, 1.807) is 45.0 Å². The van der Waals surface area contributed by atoms with Crippen LogP contribution in [0.2, 0.25) is 0 Å². The van der Waals surface area contributed by atoms with Gasteiger partial charge in [0.15, 0.2) is 0 Å². The van der Waals surface area contributed by atoms with E-state index in [0.717, 1.165) is 5.75 Å². The Hall–Kier alpha value is -3.06. The molecule has 0 fully saturated rings. The number of hydrogen-bond acceptors (Lipinski definition) is 5. The Bertz CT molecular complexity index is 785. The van der Waals surface area contributed by atoms with Crippen molar-refractivity contribution in [2.45, 2.75) is 45.3 Å². The third-order valence-corrected chi connectivity index (χ3v) is 3.78. The van der Waals surface area contributed by atoms with Crippen molar-refractivity contribution in [2.75, 3.05) is 11.9 Å². The highest BCUT2D eigenvalue weighted by atomic mass is 16.6. The standard InChI is InChI=1S/C22H28N2O5/c1-22(2,3)29-21(27)24-17(15-25)11-14-20(26)23-16-9-12-19(13-10-16)28-18-7-5-4-6-8-18/h4-10,12-13,17,25H,11,14-15H2,1-3H3,(H,23,26)(H,24,27). The summed E-state index contributed by atoms with van der Waals surface area (Å²) in [7, 11) is 0. The highest BCUT2D eigenvalue weighted by Crippen LogP contribution is 2.22. The van der Waals surface area contributed by atoms with Crippen LogP contribution in [-0.4, -0.2) is 35.4 Å². The van der Waals surface area contributed by atoms with E-state index in [2.05, 4.69) is 10.6 Å². The van der Waals surface area contributed by atoms with Crippen molar-refractivity contribution in [1.82, 2.24) is 5.32 Å². The highest BCUT2D eigenvalue weighted by molar-refractivity contribution is 5.90. The minimum Gasteiger partial charge on any atom is -0.457 e. The number of amides is 2. The number of carbonyl (C=O) groups is 2. The minimum absolute atomic E-state index is 0.142. The Labute approximate surface area is 171 Å². The van der Waals surface area contributed by atoms with E-state index in [4.69, 9.17) is 9.47 Å². The number of aliphatic hydroxyl groups is 1. The van der Waals surface area contributed by atoms with Gasteiger partial charge in [-0.2, -0.15) is 0 Å². The maximum Gasteiger partial charge on any atom is 0.407 e. The number of carbonyl (C=O) groups excluding carboxylic acids is 2. The van der Waals surface area contributed by atoms with E-state index in [1.807, 2.05) is 30.3 Å². The highest BCUT2D eigenvalue weighted by Gasteiger charge is 2.19. The van der Waals surface area contributed by atoms with Crippen molar-refractivity contribution in [3.05, 3.63) is 54.6 Å². The van der Waals surface area contributed by atoms with Crippen LogP contribution >= 0.6 is 0 Å². The van der Waals surface area contributed by atoms with Gasteiger partial charge in [0, 0.05) is 12.1 Å². The molecule has 0 heterocycles. The summed E-state index contributed by atoms with van der Waals surface area (Å²) in [6.45, 7) is 4.98. The van der Waals surface area contributed by atoms with Crippen LogP contribution in [0.15, 0.2) is 54.6 Å². The third-order valence-electron chi connectivity index (χ3n) is 3.78. The van der Waals surface area contributed by atoms with Gasteiger partial charge in [-0.1, -0.05) is 18.2 Å². The molecule has 7 heteroatoms. The first kappa shape index (κ1) is 22.2. The monoisotopic (exact) mass is 400 g/mol. The van der Waals surface area contributed by atoms with E-state index in [0.29, 0.717) is 11.4 Å². The Morgan fingerprint density at radius 2 is 1.62 bits per heavy atom. The van der Waals surface area contributed by atoms with Crippen molar-refractivity contribution in [1.29, 1.82) is 0 Å². The molecule has 0 bridgehead atoms. The van der Waals surface area contributed by atoms with Crippen LogP contribution < -0.4 is 15.4 Å². The van der Waals surface area contributed by atoms with Gasteiger partial charge in [0.2, 0.25) is 5.91 Å². The number of benzene rings is 2. The first-order valence-corrected chi connectivity index (χ1v) is 9.48. The molecule has 2 amide bonds. The van der Waals surface area contributed by atoms with Crippen LogP contribution in [0.1, 0.15) is 33.6 Å². The summed E-state index contributed by atoms with van der Waals surface area (Å²) < 4.78 is 10.9. The van der Waals surface area contributed by atoms with Gasteiger partial charge in [-0.3, -0.25) is 4.79 Å². The van der Waals surface area contributed by atoms with Crippen molar-refractivity contribution in [2.24, 2.45) is 0 Å². The normalized spacial score (nSPS) is 12.0. The fraction of sp³-hybridized carbons (Fsp3) is 0.364. The number of hydrogen-bond donors (Lipinski definition) is 3. The summed E-state index contributed by atoms with van der Waals surface area (Å²) in [5.41, 5.74) is 0.00811. The molecule has 7 nitrogen and oxygen atoms in total. The number of rotatable bonds is 8. The Morgan fingerprint density at radius 1 is 1.00 bits per heavy atom. The van der Waals surface area contributed by atoms with Gasteiger partial charge < -0.3 is 25.2 Å². The average Bonchev–Trinajstić information content (AvgIpc) is 2.66. The van der Waals surface area contributed by atoms with Crippen molar-refractivity contribution in [3.63, 3.8) is 0 Å². The molecular weight excluding hydrogens is 372 g/mol. The van der Waals surface area contributed by atoms with Gasteiger partial charge >= 0.3 is 6.09 Å². The molecule has 0 radical (unpaired) electrons. The molecule has 156 valence electrons. The molecule has 2 aromatic rings. The summed E-state index contributed by atoms with van der Waals surface area (Å²) in [5, 5.41) is 14.8. The largest absolute Gasteiger partial charge is 0.457 e. The molecule has 1 unspecified atom stereocenters. The SMILES string of the molecule is CC(C)(C)OC(=O)NC(CO)CCC(=O)Nc1ccc(Oc2ccccc2)cc1. The van der Waals surface area contributed by atoms with Gasteiger partial charge in [-0.15, -0.1) is 0 Å². The summed E-state index contributed by atoms with van der Waals surface area (Å²) >= 11 is 0. The van der Waals surface area contributed by atoms with Crippen LogP contribution in [-0.2, 0) is 9.53 Å². The Kier molecular flexibility index (Phi) is 8.03. The van der Waals surface area contributed by atoms with Crippen LogP contribution in [0, 0.1) is 0 Å². The molecule has 0 aliphatic carbocycles. The zero-order valence-corrected chi connectivity index (χ0v) is 17.0. The number of ether oxygens (including phenoxy) is 2. The molecule has 0 saturated carbocycles. The van der Waals surface area contributed by atoms with Crippen LogP contribution in [0.25, 0.3) is 0 Å². The number of nitrogens with one attached hydrogen (secondary N) is 2. The third kappa shape index (κ3) is 8.66. The smallest absolute Gasteiger partial charge is 0.407 e. The van der Waals surface area contributed by atoms with Gasteiger partial charge in [0.1, 0.15) is 17.1 Å². The van der Waals surface area contributed by atoms with Crippen LogP contribution in [0.3, 0.4) is 0 Å². The fourth-order valence-corrected chi connectivity index (χ4v) is 2.44. The first-order valence-electron chi connectivity index (χ1n) is 9.48. The van der Waals surface area contributed by atoms with E-state index < -0.39 is 17.7 Å². The molecule has 0 aliphatic heterocycles. The molecule has 29 heavy (non-hydrogen) atoms. The first-order chi connectivity index (χ1) is 13.7. The molecule has 0 aliphatic rings. The van der Waals surface area contributed by atoms with Crippen LogP contribution in [0.5, 0.6) is 11.5 Å². The lowest BCUT2D eigenvalue weighted by Crippen LogP contribution is -2.41. The molecule has 2 rings (SSSR count). The van der Waals surface area contributed by atoms with E-state index >= 15 is 0 Å². The molecule has 0 aromatic heterocycles. The maximum atomic E-state index is 12.2. The van der Waals surface area contributed by atoms with Crippen molar-refractivity contribution < 1.29 is 24.2 Å². The predicted octanol–water partition coefficient (Wildman–Crippen LogP) is 4.08. The Morgan fingerprint density at radius 3 is 2.21 bits per heavy atom. The lowest BCUT2D eigenvalue weighted by Gasteiger charge is -2.22. The second-order valence-electron chi connectivity index (χ2n) is 7.55. The van der Waals surface area contributed by atoms with Gasteiger partial charge in [-0.25, -0.2) is 4.79 Å². The predicted molar refractivity (Wildman–Crippen MR) is 111 cm³/mol. The number of para-hydroxylation sites is 1. The lowest BCUT2D eigenvalue weighted by atomic mass is 10.1. The maximum absolute atomic E-state index is 12.2. The molecule has 0 spiro atoms. The second-order valence-corrected chi connectivity index (χ2v) is 7.55. The number of anilines is 1. The van der Waals surface area contributed by atoms with E-state index in [1.165, 1.54) is 0 Å². The summed E-state index contributed by atoms with van der Waals surface area (Å²) in [6.07, 6.45) is -0.189.